The van der Waals surface area contributed by atoms with Crippen molar-refractivity contribution in [3.63, 3.8) is 0 Å². The van der Waals surface area contributed by atoms with E-state index < -0.39 is 0 Å². The average Bonchev–Trinajstić information content (AvgIpc) is 3.09. The number of hydrogen-bond donors (Lipinski definition) is 0. The summed E-state index contributed by atoms with van der Waals surface area (Å²) in [6.07, 6.45) is 5.67. The van der Waals surface area contributed by atoms with Crippen LogP contribution in [0.3, 0.4) is 0 Å². The van der Waals surface area contributed by atoms with Crippen LogP contribution in [0.1, 0.15) is 35.6 Å². The van der Waals surface area contributed by atoms with Crippen LogP contribution in [0, 0.1) is 0 Å². The molecule has 2 aromatic rings. The molecule has 0 aromatic heterocycles. The molecule has 0 saturated carbocycles. The third kappa shape index (κ3) is 4.12. The second-order valence-corrected chi connectivity index (χ2v) is 6.14. The number of methoxy groups -OCH3 is 1. The molecule has 3 rings (SSSR count). The molecule has 24 heavy (non-hydrogen) atoms. The lowest BCUT2D eigenvalue weighted by molar-refractivity contribution is -0.134. The number of carbonyl (C=O) groups excluding carboxylic acids is 1. The Bertz CT molecular complexity index is 692. The molecule has 1 unspecified atom stereocenters. The molecule has 1 fully saturated rings. The fraction of sp³-hybridized carbons (Fsp3) is 0.286. The predicted octanol–water partition coefficient (Wildman–Crippen LogP) is 4.21. The van der Waals surface area contributed by atoms with E-state index in [1.165, 1.54) is 37.2 Å². The molecular formula is C21H23NO2. The van der Waals surface area contributed by atoms with Crippen molar-refractivity contribution in [3.8, 4) is 0 Å². The van der Waals surface area contributed by atoms with E-state index in [1.54, 1.807) is 6.08 Å². The molecule has 1 saturated heterocycles. The standard InChI is InChI=1S/C21H23NO2/c1-24-21(23)14-11-17-9-12-19(13-10-17)20-8-5-15-22(20)16-18-6-3-2-4-7-18/h2-4,6-7,9-14,20H,5,8,15-16H2,1H3. The third-order valence-corrected chi connectivity index (χ3v) is 4.53. The van der Waals surface area contributed by atoms with Crippen LogP contribution in [0.4, 0.5) is 0 Å². The molecule has 3 nitrogen and oxygen atoms in total. The maximum Gasteiger partial charge on any atom is 0.330 e. The second kappa shape index (κ2) is 7.93. The lowest BCUT2D eigenvalue weighted by Crippen LogP contribution is -2.22. The Labute approximate surface area is 143 Å². The molecule has 1 heterocycles. The molecule has 124 valence electrons. The Morgan fingerprint density at radius 3 is 2.62 bits per heavy atom. The van der Waals surface area contributed by atoms with Crippen molar-refractivity contribution in [2.45, 2.75) is 25.4 Å². The van der Waals surface area contributed by atoms with E-state index in [9.17, 15) is 4.79 Å². The highest BCUT2D eigenvalue weighted by atomic mass is 16.5. The number of esters is 1. The number of likely N-dealkylation sites (tertiary alicyclic amines) is 1. The minimum absolute atomic E-state index is 0.330. The molecule has 0 spiro atoms. The average molecular weight is 321 g/mol. The Hall–Kier alpha value is -2.39. The summed E-state index contributed by atoms with van der Waals surface area (Å²) in [4.78, 5) is 13.7. The van der Waals surface area contributed by atoms with E-state index in [1.807, 2.05) is 0 Å². The summed E-state index contributed by atoms with van der Waals surface area (Å²) >= 11 is 0. The Kier molecular flexibility index (Phi) is 5.44. The van der Waals surface area contributed by atoms with Gasteiger partial charge in [0.05, 0.1) is 7.11 Å². The lowest BCUT2D eigenvalue weighted by Gasteiger charge is -2.25. The van der Waals surface area contributed by atoms with Crippen LogP contribution in [0.15, 0.2) is 60.7 Å². The quantitative estimate of drug-likeness (QED) is 0.610. The minimum Gasteiger partial charge on any atom is -0.466 e. The van der Waals surface area contributed by atoms with Crippen LogP contribution < -0.4 is 0 Å². The number of ether oxygens (including phenoxy) is 1. The van der Waals surface area contributed by atoms with Gasteiger partial charge in [-0.3, -0.25) is 4.90 Å². The van der Waals surface area contributed by atoms with E-state index in [-0.39, 0.29) is 5.97 Å². The number of benzene rings is 2. The molecule has 0 radical (unpaired) electrons. The van der Waals surface area contributed by atoms with Gasteiger partial charge in [0, 0.05) is 18.7 Å². The van der Waals surface area contributed by atoms with Gasteiger partial charge in [0.15, 0.2) is 0 Å². The first-order chi connectivity index (χ1) is 11.8. The van der Waals surface area contributed by atoms with E-state index in [0.29, 0.717) is 6.04 Å². The summed E-state index contributed by atoms with van der Waals surface area (Å²) in [5.74, 6) is -0.330. The largest absolute Gasteiger partial charge is 0.466 e. The van der Waals surface area contributed by atoms with Gasteiger partial charge in [-0.1, -0.05) is 54.6 Å². The fourth-order valence-corrected chi connectivity index (χ4v) is 3.27. The zero-order valence-electron chi connectivity index (χ0n) is 14.0. The normalized spacial score (nSPS) is 18.1. The first kappa shape index (κ1) is 16.5. The molecule has 0 N–H and O–H groups in total. The third-order valence-electron chi connectivity index (χ3n) is 4.53. The highest BCUT2D eigenvalue weighted by Gasteiger charge is 2.25. The predicted molar refractivity (Wildman–Crippen MR) is 96.3 cm³/mol. The highest BCUT2D eigenvalue weighted by Crippen LogP contribution is 2.33. The summed E-state index contributed by atoms with van der Waals surface area (Å²) in [5, 5.41) is 0. The van der Waals surface area contributed by atoms with Gasteiger partial charge in [0.2, 0.25) is 0 Å². The number of rotatable bonds is 5. The molecular weight excluding hydrogens is 298 g/mol. The Morgan fingerprint density at radius 2 is 1.92 bits per heavy atom. The summed E-state index contributed by atoms with van der Waals surface area (Å²) in [7, 11) is 1.39. The van der Waals surface area contributed by atoms with Gasteiger partial charge in [0.25, 0.3) is 0 Å². The van der Waals surface area contributed by atoms with Crippen LogP contribution in [-0.4, -0.2) is 24.5 Å². The second-order valence-electron chi connectivity index (χ2n) is 6.14. The Balaban J connectivity index is 1.68. The van der Waals surface area contributed by atoms with Crippen molar-refractivity contribution >= 4 is 12.0 Å². The summed E-state index contributed by atoms with van der Waals surface area (Å²) in [6.45, 7) is 2.14. The monoisotopic (exact) mass is 321 g/mol. The van der Waals surface area contributed by atoms with Crippen molar-refractivity contribution in [1.82, 2.24) is 4.90 Å². The van der Waals surface area contributed by atoms with Gasteiger partial charge in [-0.15, -0.1) is 0 Å². The van der Waals surface area contributed by atoms with Gasteiger partial charge in [-0.05, 0) is 42.2 Å². The zero-order valence-corrected chi connectivity index (χ0v) is 14.0. The topological polar surface area (TPSA) is 29.5 Å². The molecule has 1 aliphatic heterocycles. The molecule has 0 bridgehead atoms. The van der Waals surface area contributed by atoms with Gasteiger partial charge in [-0.2, -0.15) is 0 Å². The van der Waals surface area contributed by atoms with Crippen LogP contribution >= 0.6 is 0 Å². The van der Waals surface area contributed by atoms with Crippen LogP contribution in [-0.2, 0) is 16.1 Å². The molecule has 3 heteroatoms. The summed E-state index contributed by atoms with van der Waals surface area (Å²) in [5.41, 5.74) is 3.72. The van der Waals surface area contributed by atoms with Crippen LogP contribution in [0.25, 0.3) is 6.08 Å². The number of nitrogens with zero attached hydrogens (tertiary/aromatic N) is 1. The van der Waals surface area contributed by atoms with Crippen molar-refractivity contribution in [3.05, 3.63) is 77.4 Å². The molecule has 1 atom stereocenters. The van der Waals surface area contributed by atoms with Gasteiger partial charge < -0.3 is 4.74 Å². The highest BCUT2D eigenvalue weighted by molar-refractivity contribution is 5.86. The summed E-state index contributed by atoms with van der Waals surface area (Å²) < 4.78 is 4.62. The Morgan fingerprint density at radius 1 is 1.17 bits per heavy atom. The lowest BCUT2D eigenvalue weighted by atomic mass is 10.0. The number of hydrogen-bond acceptors (Lipinski definition) is 3. The molecule has 0 aliphatic carbocycles. The van der Waals surface area contributed by atoms with Crippen molar-refractivity contribution in [2.24, 2.45) is 0 Å². The maximum atomic E-state index is 11.2. The molecule has 2 aromatic carbocycles. The molecule has 0 amide bonds. The van der Waals surface area contributed by atoms with Crippen LogP contribution in [0.2, 0.25) is 0 Å². The van der Waals surface area contributed by atoms with Gasteiger partial charge in [0.1, 0.15) is 0 Å². The smallest absolute Gasteiger partial charge is 0.330 e. The zero-order chi connectivity index (χ0) is 16.8. The van der Waals surface area contributed by atoms with Crippen molar-refractivity contribution in [2.75, 3.05) is 13.7 Å². The van der Waals surface area contributed by atoms with Crippen LogP contribution in [0.5, 0.6) is 0 Å². The van der Waals surface area contributed by atoms with Gasteiger partial charge in [-0.25, -0.2) is 4.79 Å². The molecule has 1 aliphatic rings. The first-order valence-electron chi connectivity index (χ1n) is 8.40. The van der Waals surface area contributed by atoms with E-state index >= 15 is 0 Å². The summed E-state index contributed by atoms with van der Waals surface area (Å²) in [6, 6.07) is 19.6. The number of carbonyl (C=O) groups is 1. The van der Waals surface area contributed by atoms with E-state index in [2.05, 4.69) is 64.2 Å². The minimum atomic E-state index is -0.330. The fourth-order valence-electron chi connectivity index (χ4n) is 3.27. The van der Waals surface area contributed by atoms with Crippen molar-refractivity contribution in [1.29, 1.82) is 0 Å². The SMILES string of the molecule is COC(=O)C=Cc1ccc(C2CCCN2Cc2ccccc2)cc1. The van der Waals surface area contributed by atoms with Crippen molar-refractivity contribution < 1.29 is 9.53 Å². The van der Waals surface area contributed by atoms with E-state index in [0.717, 1.165) is 18.7 Å². The van der Waals surface area contributed by atoms with Gasteiger partial charge >= 0.3 is 5.97 Å². The van der Waals surface area contributed by atoms with E-state index in [4.69, 9.17) is 0 Å². The first-order valence-corrected chi connectivity index (χ1v) is 8.40. The maximum absolute atomic E-state index is 11.2.